The highest BCUT2D eigenvalue weighted by Crippen LogP contribution is 2.16. The lowest BCUT2D eigenvalue weighted by molar-refractivity contribution is 0.297. The van der Waals surface area contributed by atoms with E-state index in [1.807, 2.05) is 11.9 Å². The first kappa shape index (κ1) is 6.96. The average molecular weight is 132 g/mol. The largest absolute Gasteiger partial charge is 0.329 e. The van der Waals surface area contributed by atoms with Gasteiger partial charge in [-0.2, -0.15) is 0 Å². The molecule has 1 aliphatic rings. The number of halogens is 1. The average Bonchev–Trinajstić information content (AvgIpc) is 2.10. The highest BCUT2D eigenvalue weighted by Gasteiger charge is 2.27. The molecule has 0 aliphatic carbocycles. The molecule has 2 nitrogen and oxygen atoms in total. The van der Waals surface area contributed by atoms with Crippen molar-refractivity contribution in [2.45, 2.75) is 18.6 Å². The van der Waals surface area contributed by atoms with Crippen molar-refractivity contribution >= 4 is 0 Å². The molecule has 0 saturated carbocycles. The molecule has 54 valence electrons. The van der Waals surface area contributed by atoms with E-state index in [4.69, 9.17) is 5.73 Å². The zero-order valence-corrected chi connectivity index (χ0v) is 5.68. The van der Waals surface area contributed by atoms with Gasteiger partial charge in [-0.15, -0.1) is 0 Å². The van der Waals surface area contributed by atoms with Gasteiger partial charge < -0.3 is 5.73 Å². The van der Waals surface area contributed by atoms with Crippen LogP contribution in [0.2, 0.25) is 0 Å². The van der Waals surface area contributed by atoms with Gasteiger partial charge in [-0.1, -0.05) is 0 Å². The topological polar surface area (TPSA) is 29.3 Å². The minimum atomic E-state index is -0.649. The van der Waals surface area contributed by atoms with Crippen LogP contribution in [-0.4, -0.2) is 37.3 Å². The van der Waals surface area contributed by atoms with Crippen molar-refractivity contribution in [3.8, 4) is 0 Å². The van der Waals surface area contributed by atoms with Crippen molar-refractivity contribution in [3.05, 3.63) is 0 Å². The van der Waals surface area contributed by atoms with Crippen molar-refractivity contribution in [3.63, 3.8) is 0 Å². The second kappa shape index (κ2) is 2.62. The molecule has 1 fully saturated rings. The van der Waals surface area contributed by atoms with E-state index in [0.29, 0.717) is 19.5 Å². The number of nitrogens with two attached hydrogens (primary N) is 1. The zero-order chi connectivity index (χ0) is 6.85. The summed E-state index contributed by atoms with van der Waals surface area (Å²) in [6, 6.07) is 0.278. The Morgan fingerprint density at radius 2 is 2.44 bits per heavy atom. The third-order valence-corrected chi connectivity index (χ3v) is 1.91. The van der Waals surface area contributed by atoms with Gasteiger partial charge in [-0.05, 0) is 13.5 Å². The van der Waals surface area contributed by atoms with Crippen LogP contribution in [0.25, 0.3) is 0 Å². The Kier molecular flexibility index (Phi) is 2.03. The van der Waals surface area contributed by atoms with E-state index in [9.17, 15) is 4.39 Å². The van der Waals surface area contributed by atoms with Gasteiger partial charge in [0.15, 0.2) is 0 Å². The fourth-order valence-corrected chi connectivity index (χ4v) is 1.29. The smallest absolute Gasteiger partial charge is 0.114 e. The van der Waals surface area contributed by atoms with Crippen LogP contribution in [0.4, 0.5) is 4.39 Å². The first-order valence-corrected chi connectivity index (χ1v) is 3.28. The summed E-state index contributed by atoms with van der Waals surface area (Å²) in [6.07, 6.45) is -0.0314. The van der Waals surface area contributed by atoms with E-state index in [1.165, 1.54) is 0 Å². The number of nitrogens with zero attached hydrogens (tertiary/aromatic N) is 1. The van der Waals surface area contributed by atoms with E-state index in [1.54, 1.807) is 0 Å². The van der Waals surface area contributed by atoms with Gasteiger partial charge >= 0.3 is 0 Å². The van der Waals surface area contributed by atoms with Crippen LogP contribution in [0.15, 0.2) is 0 Å². The number of hydrogen-bond donors (Lipinski definition) is 1. The molecular weight excluding hydrogens is 119 g/mol. The second-order valence-electron chi connectivity index (χ2n) is 2.66. The predicted molar refractivity (Wildman–Crippen MR) is 35.0 cm³/mol. The van der Waals surface area contributed by atoms with Crippen molar-refractivity contribution in [2.75, 3.05) is 20.1 Å². The van der Waals surface area contributed by atoms with Crippen LogP contribution in [0, 0.1) is 0 Å². The van der Waals surface area contributed by atoms with Crippen LogP contribution in [0.1, 0.15) is 6.42 Å². The Morgan fingerprint density at radius 1 is 1.78 bits per heavy atom. The predicted octanol–water partition coefficient (Wildman–Crippen LogP) is -0.0127. The van der Waals surface area contributed by atoms with E-state index < -0.39 is 6.17 Å². The summed E-state index contributed by atoms with van der Waals surface area (Å²) in [5.74, 6) is 0. The molecule has 1 heterocycles. The molecule has 0 aromatic rings. The molecule has 2 N–H and O–H groups in total. The molecule has 0 spiro atoms. The third-order valence-electron chi connectivity index (χ3n) is 1.91. The molecule has 0 radical (unpaired) electrons. The maximum atomic E-state index is 12.5. The van der Waals surface area contributed by atoms with E-state index in [-0.39, 0.29) is 6.04 Å². The van der Waals surface area contributed by atoms with Crippen molar-refractivity contribution in [1.82, 2.24) is 4.90 Å². The molecule has 0 bridgehead atoms. The maximum absolute atomic E-state index is 12.5. The monoisotopic (exact) mass is 132 g/mol. The number of rotatable bonds is 1. The summed E-state index contributed by atoms with van der Waals surface area (Å²) in [6.45, 7) is 1.14. The lowest BCUT2D eigenvalue weighted by atomic mass is 10.2. The van der Waals surface area contributed by atoms with Gasteiger partial charge in [-0.25, -0.2) is 4.39 Å². The molecule has 1 aliphatic heterocycles. The first-order chi connectivity index (χ1) is 4.24. The van der Waals surface area contributed by atoms with E-state index in [0.717, 1.165) is 0 Å². The Bertz CT molecular complexity index is 97.1. The molecule has 0 aromatic heterocycles. The summed E-state index contributed by atoms with van der Waals surface area (Å²) in [5, 5.41) is 0. The first-order valence-electron chi connectivity index (χ1n) is 3.28. The summed E-state index contributed by atoms with van der Waals surface area (Å²) < 4.78 is 12.5. The van der Waals surface area contributed by atoms with Crippen molar-refractivity contribution in [2.24, 2.45) is 5.73 Å². The van der Waals surface area contributed by atoms with Crippen LogP contribution in [-0.2, 0) is 0 Å². The zero-order valence-electron chi connectivity index (χ0n) is 5.68. The SMILES string of the molecule is CN1C[C@H](F)C[C@@H]1CN. The van der Waals surface area contributed by atoms with Gasteiger partial charge in [-0.3, -0.25) is 4.90 Å². The van der Waals surface area contributed by atoms with Crippen molar-refractivity contribution in [1.29, 1.82) is 0 Å². The van der Waals surface area contributed by atoms with Crippen LogP contribution >= 0.6 is 0 Å². The Morgan fingerprint density at radius 3 is 2.67 bits per heavy atom. The number of likely N-dealkylation sites (N-methyl/N-ethyl adjacent to an activating group) is 1. The maximum Gasteiger partial charge on any atom is 0.114 e. The fourth-order valence-electron chi connectivity index (χ4n) is 1.29. The molecule has 3 heteroatoms. The molecule has 0 amide bonds. The van der Waals surface area contributed by atoms with Gasteiger partial charge in [0, 0.05) is 19.1 Å². The fraction of sp³-hybridized carbons (Fsp3) is 1.00. The van der Waals surface area contributed by atoms with Gasteiger partial charge in [0.25, 0.3) is 0 Å². The van der Waals surface area contributed by atoms with Gasteiger partial charge in [0.2, 0.25) is 0 Å². The lowest BCUT2D eigenvalue weighted by Gasteiger charge is -2.15. The Hall–Kier alpha value is -0.150. The Balaban J connectivity index is 2.38. The van der Waals surface area contributed by atoms with E-state index >= 15 is 0 Å². The minimum Gasteiger partial charge on any atom is -0.329 e. The molecule has 1 saturated heterocycles. The van der Waals surface area contributed by atoms with Crippen LogP contribution < -0.4 is 5.73 Å². The minimum absolute atomic E-state index is 0.278. The summed E-state index contributed by atoms with van der Waals surface area (Å²) in [4.78, 5) is 1.98. The van der Waals surface area contributed by atoms with Crippen LogP contribution in [0.3, 0.4) is 0 Å². The van der Waals surface area contributed by atoms with Crippen LogP contribution in [0.5, 0.6) is 0 Å². The second-order valence-corrected chi connectivity index (χ2v) is 2.66. The van der Waals surface area contributed by atoms with Crippen molar-refractivity contribution < 1.29 is 4.39 Å². The Labute approximate surface area is 54.8 Å². The standard InChI is InChI=1S/C6H13FN2/c1-9-4-5(7)2-6(9)3-8/h5-6H,2-4,8H2,1H3/t5-,6-/m1/s1. The van der Waals surface area contributed by atoms with Gasteiger partial charge in [0.1, 0.15) is 6.17 Å². The highest BCUT2D eigenvalue weighted by atomic mass is 19.1. The summed E-state index contributed by atoms with van der Waals surface area (Å²) >= 11 is 0. The van der Waals surface area contributed by atoms with Gasteiger partial charge in [0.05, 0.1) is 0 Å². The summed E-state index contributed by atoms with van der Waals surface area (Å²) in [7, 11) is 1.91. The molecular formula is C6H13FN2. The number of hydrogen-bond acceptors (Lipinski definition) is 2. The third kappa shape index (κ3) is 1.40. The molecule has 0 unspecified atom stereocenters. The lowest BCUT2D eigenvalue weighted by Crippen LogP contribution is -2.31. The molecule has 2 atom stereocenters. The number of alkyl halides is 1. The molecule has 1 rings (SSSR count). The summed E-state index contributed by atoms with van der Waals surface area (Å²) in [5.41, 5.74) is 5.38. The quantitative estimate of drug-likeness (QED) is 0.543. The number of likely N-dealkylation sites (tertiary alicyclic amines) is 1. The molecule has 9 heavy (non-hydrogen) atoms. The van der Waals surface area contributed by atoms with E-state index in [2.05, 4.69) is 0 Å². The highest BCUT2D eigenvalue weighted by molar-refractivity contribution is 4.83. The molecule has 0 aromatic carbocycles. The normalized spacial score (nSPS) is 37.7.